The van der Waals surface area contributed by atoms with E-state index in [1.165, 1.54) is 23.5 Å². The van der Waals surface area contributed by atoms with E-state index in [0.29, 0.717) is 58.7 Å². The van der Waals surface area contributed by atoms with Gasteiger partial charge in [-0.3, -0.25) is 15.1 Å². The summed E-state index contributed by atoms with van der Waals surface area (Å²) < 4.78 is 53.0. The first kappa shape index (κ1) is 49.2. The van der Waals surface area contributed by atoms with Gasteiger partial charge in [0, 0.05) is 61.9 Å². The predicted molar refractivity (Wildman–Crippen MR) is 271 cm³/mol. The van der Waals surface area contributed by atoms with Gasteiger partial charge in [0.1, 0.15) is 28.8 Å². The molecule has 0 amide bonds. The number of non-ortho nitro benzene ring substituents is 1. The predicted octanol–water partition coefficient (Wildman–Crippen LogP) is 10.8. The highest BCUT2D eigenvalue weighted by Crippen LogP contribution is 2.62. The molecule has 0 spiro atoms. The van der Waals surface area contributed by atoms with Crippen LogP contribution >= 0.6 is 0 Å². The molecule has 368 valence electrons. The minimum Gasteiger partial charge on any atom is -0.460 e. The first-order valence-electron chi connectivity index (χ1n) is 24.1. The maximum absolute atomic E-state index is 15.3. The zero-order valence-electron chi connectivity index (χ0n) is 39.6. The minimum atomic E-state index is -4.35. The lowest BCUT2D eigenvalue weighted by Crippen LogP contribution is -2.69. The summed E-state index contributed by atoms with van der Waals surface area (Å²) in [6.07, 6.45) is 9.54. The van der Waals surface area contributed by atoms with Gasteiger partial charge in [0.15, 0.2) is 0 Å². The number of fused-ring (bicyclic) bond motifs is 3. The number of allylic oxidation sites excluding steroid dienone is 1. The van der Waals surface area contributed by atoms with E-state index in [2.05, 4.69) is 29.8 Å². The van der Waals surface area contributed by atoms with Crippen LogP contribution in [0, 0.1) is 27.9 Å². The van der Waals surface area contributed by atoms with Gasteiger partial charge in [-0.15, -0.1) is 6.58 Å². The number of para-hydroxylation sites is 1. The summed E-state index contributed by atoms with van der Waals surface area (Å²) in [6, 6.07) is 37.4. The van der Waals surface area contributed by atoms with Crippen LogP contribution in [0.4, 0.5) is 5.69 Å². The fourth-order valence-electron chi connectivity index (χ4n) is 10.8. The molecule has 1 saturated carbocycles. The number of unbranched alkanes of at least 4 members (excludes halogenated alkanes) is 2. The van der Waals surface area contributed by atoms with Crippen molar-refractivity contribution in [1.82, 2.24) is 9.29 Å². The van der Waals surface area contributed by atoms with Crippen LogP contribution in [0.25, 0.3) is 22.0 Å². The Morgan fingerprint density at radius 3 is 2.34 bits per heavy atom. The second-order valence-corrected chi connectivity index (χ2v) is 20.3. The molecule has 5 aromatic carbocycles. The molecule has 1 aliphatic heterocycles. The molecule has 6 atom stereocenters. The molecule has 9 rings (SSSR count). The topological polar surface area (TPSA) is 183 Å². The Morgan fingerprint density at radius 1 is 0.887 bits per heavy atom. The lowest BCUT2D eigenvalue weighted by Gasteiger charge is -2.59. The van der Waals surface area contributed by atoms with E-state index < -0.39 is 32.7 Å². The van der Waals surface area contributed by atoms with Crippen molar-refractivity contribution in [3.8, 4) is 28.4 Å². The second kappa shape index (κ2) is 21.7. The molecule has 2 N–H and O–H groups in total. The summed E-state index contributed by atoms with van der Waals surface area (Å²) in [5, 5.41) is 37.0. The maximum atomic E-state index is 15.3. The number of nitrogens with zero attached hydrogens (tertiary/aromatic N) is 4. The van der Waals surface area contributed by atoms with E-state index in [4.69, 9.17) is 24.2 Å². The maximum Gasteiger partial charge on any atom is 0.269 e. The van der Waals surface area contributed by atoms with Crippen LogP contribution in [0.2, 0.25) is 0 Å². The van der Waals surface area contributed by atoms with E-state index in [1.807, 2.05) is 72.8 Å². The number of nitro benzene ring substituents is 1. The third-order valence-electron chi connectivity index (χ3n) is 14.1. The van der Waals surface area contributed by atoms with Gasteiger partial charge in [0.25, 0.3) is 5.69 Å². The fourth-order valence-corrected chi connectivity index (χ4v) is 12.3. The largest absolute Gasteiger partial charge is 0.460 e. The molecule has 6 unspecified atom stereocenters. The molecule has 0 bridgehead atoms. The summed E-state index contributed by atoms with van der Waals surface area (Å²) in [7, 11) is -2.81. The standard InChI is InChI=1S/C56H58N4O10S/c1-3-33-67-56-52(59(2)71(65,66)51-19-11-16-41-17-12-30-57-55(41)51)36-49(58-68-37-38-20-24-43(25-21-38)60(63)64)47-34-42(15-7-9-31-61)46(18-8-10-32-62)53(54(47)56)48-35-45(28-29-50(48)70-56)69-44-26-22-40(23-27-44)39-13-5-4-6-14-39/h3-6,11-14,16-17,19-30,34-35,42,46,52-54,61-62H,1,7-10,15,18,31-33,36-37H2,2H3. The number of nitro groups is 1. The lowest BCUT2D eigenvalue weighted by atomic mass is 9.55. The van der Waals surface area contributed by atoms with Gasteiger partial charge in [-0.1, -0.05) is 90.8 Å². The highest BCUT2D eigenvalue weighted by molar-refractivity contribution is 7.89. The first-order chi connectivity index (χ1) is 34.6. The van der Waals surface area contributed by atoms with Crippen molar-refractivity contribution >= 4 is 32.3 Å². The molecule has 2 aliphatic carbocycles. The van der Waals surface area contributed by atoms with Gasteiger partial charge in [0.2, 0.25) is 15.8 Å². The van der Waals surface area contributed by atoms with Gasteiger partial charge >= 0.3 is 0 Å². The molecule has 14 nitrogen and oxygen atoms in total. The Kier molecular flexibility index (Phi) is 15.1. The van der Waals surface area contributed by atoms with Crippen molar-refractivity contribution in [3.63, 3.8) is 0 Å². The number of rotatable bonds is 21. The summed E-state index contributed by atoms with van der Waals surface area (Å²) in [6.45, 7) is 4.09. The number of aliphatic hydroxyl groups excluding tert-OH is 2. The van der Waals surface area contributed by atoms with Crippen LogP contribution in [-0.4, -0.2) is 77.3 Å². The van der Waals surface area contributed by atoms with Crippen molar-refractivity contribution in [2.45, 2.75) is 74.2 Å². The summed E-state index contributed by atoms with van der Waals surface area (Å²) >= 11 is 0. The third-order valence-corrected chi connectivity index (χ3v) is 16.0. The number of hydrogen-bond donors (Lipinski definition) is 2. The van der Waals surface area contributed by atoms with E-state index in [9.17, 15) is 20.3 Å². The van der Waals surface area contributed by atoms with Crippen molar-refractivity contribution < 1.29 is 42.6 Å². The molecular formula is C56H58N4O10S. The van der Waals surface area contributed by atoms with Crippen LogP contribution in [0.5, 0.6) is 17.2 Å². The number of likely N-dealkylation sites (N-methyl/N-ethyl adjacent to an activating group) is 1. The van der Waals surface area contributed by atoms with Crippen molar-refractivity contribution in [1.29, 1.82) is 0 Å². The van der Waals surface area contributed by atoms with Crippen LogP contribution in [0.1, 0.15) is 62.0 Å². The minimum absolute atomic E-state index is 0.00836. The van der Waals surface area contributed by atoms with Crippen LogP contribution in [0.15, 0.2) is 168 Å². The first-order valence-corrected chi connectivity index (χ1v) is 25.6. The van der Waals surface area contributed by atoms with Crippen LogP contribution in [0.3, 0.4) is 0 Å². The number of sulfonamides is 1. The molecule has 1 fully saturated rings. The number of oxime groups is 1. The molecule has 15 heteroatoms. The van der Waals surface area contributed by atoms with E-state index >= 15 is 8.42 Å². The van der Waals surface area contributed by atoms with Gasteiger partial charge < -0.3 is 29.3 Å². The number of hydrogen-bond acceptors (Lipinski definition) is 12. The zero-order chi connectivity index (χ0) is 49.5. The Morgan fingerprint density at radius 2 is 1.61 bits per heavy atom. The number of aromatic nitrogens is 1. The second-order valence-electron chi connectivity index (χ2n) is 18.3. The van der Waals surface area contributed by atoms with Gasteiger partial charge in [-0.05, 0) is 114 Å². The van der Waals surface area contributed by atoms with Gasteiger partial charge in [-0.2, -0.15) is 4.31 Å². The molecule has 1 aromatic heterocycles. The SMILES string of the molecule is C=CCOC12Oc3ccc(Oc4ccc(-c5ccccc5)cc4)cc3C3C(CCCCO)C(CCCCO)C=C(C(=NOCc4ccc([N+](=O)[O-])cc4)CC1N(C)S(=O)(=O)c1cccc4cccnc14)C32. The van der Waals surface area contributed by atoms with E-state index in [1.54, 1.807) is 42.6 Å². The smallest absolute Gasteiger partial charge is 0.269 e. The van der Waals surface area contributed by atoms with Crippen molar-refractivity contribution in [2.24, 2.45) is 22.9 Å². The lowest BCUT2D eigenvalue weighted by molar-refractivity contribution is -0.384. The van der Waals surface area contributed by atoms with Crippen molar-refractivity contribution in [3.05, 3.63) is 179 Å². The van der Waals surface area contributed by atoms with Gasteiger partial charge in [-0.25, -0.2) is 8.42 Å². The molecular weight excluding hydrogens is 921 g/mol. The Hall–Kier alpha value is -6.75. The summed E-state index contributed by atoms with van der Waals surface area (Å²) in [5.74, 6) is -1.09. The molecule has 2 heterocycles. The highest BCUT2D eigenvalue weighted by atomic mass is 32.2. The Bertz CT molecular complexity index is 3020. The Labute approximate surface area is 414 Å². The summed E-state index contributed by atoms with van der Waals surface area (Å²) in [4.78, 5) is 21.7. The number of pyridine rings is 1. The molecule has 71 heavy (non-hydrogen) atoms. The molecule has 6 aromatic rings. The summed E-state index contributed by atoms with van der Waals surface area (Å²) in [5.41, 5.74) is 5.21. The number of aliphatic hydroxyl groups is 2. The average Bonchev–Trinajstić information content (AvgIpc) is 3.39. The monoisotopic (exact) mass is 978 g/mol. The molecule has 0 saturated heterocycles. The van der Waals surface area contributed by atoms with E-state index in [-0.39, 0.29) is 61.2 Å². The quantitative estimate of drug-likeness (QED) is 0.0303. The van der Waals surface area contributed by atoms with Crippen LogP contribution in [-0.2, 0) is 26.2 Å². The number of ether oxygens (including phenoxy) is 3. The van der Waals surface area contributed by atoms with Crippen molar-refractivity contribution in [2.75, 3.05) is 26.9 Å². The van der Waals surface area contributed by atoms with Crippen LogP contribution < -0.4 is 9.47 Å². The molecule has 0 radical (unpaired) electrons. The number of benzene rings is 5. The third kappa shape index (κ3) is 10.1. The fraction of sp³-hybridized carbons (Fsp3) is 0.321. The molecule has 3 aliphatic rings. The van der Waals surface area contributed by atoms with E-state index in [0.717, 1.165) is 41.5 Å². The Balaban J connectivity index is 1.21. The van der Waals surface area contributed by atoms with Gasteiger partial charge in [0.05, 0.1) is 34.7 Å². The normalized spacial score (nSPS) is 22.0. The highest BCUT2D eigenvalue weighted by Gasteiger charge is 2.66. The average molecular weight is 979 g/mol. The zero-order valence-corrected chi connectivity index (χ0v) is 40.4.